The van der Waals surface area contributed by atoms with Gasteiger partial charge in [-0.25, -0.2) is 12.8 Å². The molecule has 29 heavy (non-hydrogen) atoms. The maximum atomic E-state index is 14.0. The minimum absolute atomic E-state index is 0.0994. The number of carbonyl (C=O) groups excluding carboxylic acids is 1. The van der Waals surface area contributed by atoms with E-state index in [1.54, 1.807) is 0 Å². The Labute approximate surface area is 171 Å². The van der Waals surface area contributed by atoms with E-state index < -0.39 is 32.7 Å². The van der Waals surface area contributed by atoms with Gasteiger partial charge in [-0.05, 0) is 43.2 Å². The van der Waals surface area contributed by atoms with Gasteiger partial charge in [-0.3, -0.25) is 14.9 Å². The van der Waals surface area contributed by atoms with Crippen molar-refractivity contribution in [1.29, 1.82) is 0 Å². The first-order valence-corrected chi connectivity index (χ1v) is 10.5. The summed E-state index contributed by atoms with van der Waals surface area (Å²) >= 11 is 5.70. The molecule has 0 aliphatic carbocycles. The van der Waals surface area contributed by atoms with E-state index in [2.05, 4.69) is 5.32 Å². The van der Waals surface area contributed by atoms with Crippen LogP contribution in [0.25, 0.3) is 0 Å². The zero-order valence-corrected chi connectivity index (χ0v) is 16.6. The Balaban J connectivity index is 1.86. The number of nitrogens with zero attached hydrogens (tertiary/aromatic N) is 2. The van der Waals surface area contributed by atoms with Crippen molar-refractivity contribution in [2.24, 2.45) is 0 Å². The SMILES string of the molecule is O=C(Nc1ccc(Cl)cc1F)[C@H]1CCCCN1S(=O)(=O)c1ccc([N+](=O)[O-])cc1. The average Bonchev–Trinajstić information content (AvgIpc) is 2.70. The van der Waals surface area contributed by atoms with Crippen molar-refractivity contribution in [1.82, 2.24) is 4.31 Å². The highest BCUT2D eigenvalue weighted by molar-refractivity contribution is 7.89. The molecule has 3 rings (SSSR count). The summed E-state index contributed by atoms with van der Waals surface area (Å²) in [6.45, 7) is 0.112. The number of piperidine rings is 1. The highest BCUT2D eigenvalue weighted by Crippen LogP contribution is 2.28. The molecule has 8 nitrogen and oxygen atoms in total. The summed E-state index contributed by atoms with van der Waals surface area (Å²) in [6.07, 6.45) is 1.46. The number of sulfonamides is 1. The molecular formula is C18H17ClFN3O5S. The number of non-ortho nitro benzene ring substituents is 1. The number of benzene rings is 2. The summed E-state index contributed by atoms with van der Waals surface area (Å²) in [5.74, 6) is -1.39. The van der Waals surface area contributed by atoms with Crippen molar-refractivity contribution in [3.8, 4) is 0 Å². The first-order valence-electron chi connectivity index (χ1n) is 8.72. The van der Waals surface area contributed by atoms with E-state index in [0.29, 0.717) is 12.8 Å². The molecule has 1 aliphatic heterocycles. The number of nitro benzene ring substituents is 1. The molecule has 1 saturated heterocycles. The zero-order chi connectivity index (χ0) is 21.2. The average molecular weight is 442 g/mol. The lowest BCUT2D eigenvalue weighted by molar-refractivity contribution is -0.384. The first-order chi connectivity index (χ1) is 13.7. The number of amides is 1. The molecule has 2 aromatic carbocycles. The number of hydrogen-bond acceptors (Lipinski definition) is 5. The second kappa shape index (κ2) is 8.44. The lowest BCUT2D eigenvalue weighted by Crippen LogP contribution is -2.49. The minimum Gasteiger partial charge on any atom is -0.322 e. The van der Waals surface area contributed by atoms with E-state index in [9.17, 15) is 27.7 Å². The third-order valence-corrected chi connectivity index (χ3v) is 6.76. The maximum absolute atomic E-state index is 14.0. The number of nitrogens with one attached hydrogen (secondary N) is 1. The molecule has 0 bridgehead atoms. The van der Waals surface area contributed by atoms with E-state index >= 15 is 0 Å². The van der Waals surface area contributed by atoms with Crippen LogP contribution in [0.3, 0.4) is 0 Å². The number of carbonyl (C=O) groups is 1. The monoisotopic (exact) mass is 441 g/mol. The molecule has 154 valence electrons. The standard InChI is InChI=1S/C18H17ClFN3O5S/c19-12-4-9-16(15(20)11-12)21-18(24)17-3-1-2-10-22(17)29(27,28)14-7-5-13(6-8-14)23(25)26/h4-9,11,17H,1-3,10H2,(H,21,24)/t17-/m1/s1. The van der Waals surface area contributed by atoms with Crippen LogP contribution in [-0.4, -0.2) is 36.1 Å². The van der Waals surface area contributed by atoms with Gasteiger partial charge in [0.05, 0.1) is 15.5 Å². The molecule has 0 saturated carbocycles. The van der Waals surface area contributed by atoms with Crippen LogP contribution in [-0.2, 0) is 14.8 Å². The van der Waals surface area contributed by atoms with Crippen molar-refractivity contribution in [2.45, 2.75) is 30.2 Å². The highest BCUT2D eigenvalue weighted by atomic mass is 35.5. The third kappa shape index (κ3) is 4.55. The molecule has 2 aromatic rings. The van der Waals surface area contributed by atoms with Crippen LogP contribution in [0.4, 0.5) is 15.8 Å². The first kappa shape index (κ1) is 21.2. The molecule has 1 N–H and O–H groups in total. The van der Waals surface area contributed by atoms with E-state index in [1.165, 1.54) is 12.1 Å². The van der Waals surface area contributed by atoms with Gasteiger partial charge in [0.1, 0.15) is 11.9 Å². The fraction of sp³-hybridized carbons (Fsp3) is 0.278. The molecule has 0 unspecified atom stereocenters. The molecule has 1 fully saturated rings. The van der Waals surface area contributed by atoms with Crippen LogP contribution in [0.2, 0.25) is 5.02 Å². The number of rotatable bonds is 5. The fourth-order valence-corrected chi connectivity index (χ4v) is 4.95. The number of hydrogen-bond donors (Lipinski definition) is 1. The Hall–Kier alpha value is -2.56. The topological polar surface area (TPSA) is 110 Å². The lowest BCUT2D eigenvalue weighted by Gasteiger charge is -2.33. The van der Waals surface area contributed by atoms with E-state index in [4.69, 9.17) is 11.6 Å². The summed E-state index contributed by atoms with van der Waals surface area (Å²) in [6, 6.07) is 7.18. The van der Waals surface area contributed by atoms with Gasteiger partial charge in [0.15, 0.2) is 0 Å². The Kier molecular flexibility index (Phi) is 6.15. The fourth-order valence-electron chi connectivity index (χ4n) is 3.14. The smallest absolute Gasteiger partial charge is 0.269 e. The Bertz CT molecular complexity index is 1050. The van der Waals surface area contributed by atoms with Crippen LogP contribution in [0.1, 0.15) is 19.3 Å². The van der Waals surface area contributed by atoms with E-state index in [1.807, 2.05) is 0 Å². The molecule has 0 spiro atoms. The van der Waals surface area contributed by atoms with Gasteiger partial charge < -0.3 is 5.32 Å². The number of anilines is 1. The van der Waals surface area contributed by atoms with Crippen molar-refractivity contribution < 1.29 is 22.5 Å². The summed E-state index contributed by atoms with van der Waals surface area (Å²) in [7, 11) is -4.07. The van der Waals surface area contributed by atoms with Gasteiger partial charge in [0, 0.05) is 23.7 Å². The van der Waals surface area contributed by atoms with Crippen LogP contribution in [0.5, 0.6) is 0 Å². The molecule has 1 aliphatic rings. The number of nitro groups is 1. The van der Waals surface area contributed by atoms with Crippen molar-refractivity contribution in [2.75, 3.05) is 11.9 Å². The van der Waals surface area contributed by atoms with E-state index in [0.717, 1.165) is 34.6 Å². The summed E-state index contributed by atoms with van der Waals surface area (Å²) in [5, 5.41) is 13.4. The van der Waals surface area contributed by atoms with Crippen LogP contribution < -0.4 is 5.32 Å². The van der Waals surface area contributed by atoms with Gasteiger partial charge in [0.2, 0.25) is 15.9 Å². The van der Waals surface area contributed by atoms with Gasteiger partial charge in [-0.15, -0.1) is 0 Å². The predicted molar refractivity (Wildman–Crippen MR) is 105 cm³/mol. The van der Waals surface area contributed by atoms with Crippen molar-refractivity contribution in [3.05, 3.63) is 63.4 Å². The normalized spacial score (nSPS) is 17.7. The maximum Gasteiger partial charge on any atom is 0.269 e. The van der Waals surface area contributed by atoms with Crippen LogP contribution in [0, 0.1) is 15.9 Å². The second-order valence-electron chi connectivity index (χ2n) is 6.49. The molecule has 11 heteroatoms. The summed E-state index contributed by atoms with van der Waals surface area (Å²) in [4.78, 5) is 22.7. The predicted octanol–water partition coefficient (Wildman–Crippen LogP) is 3.57. The third-order valence-electron chi connectivity index (χ3n) is 4.60. The molecule has 1 amide bonds. The minimum atomic E-state index is -4.07. The second-order valence-corrected chi connectivity index (χ2v) is 8.82. The van der Waals surface area contributed by atoms with Gasteiger partial charge in [-0.1, -0.05) is 18.0 Å². The Morgan fingerprint density at radius 1 is 1.21 bits per heavy atom. The molecule has 0 radical (unpaired) electrons. The Morgan fingerprint density at radius 3 is 2.52 bits per heavy atom. The molecule has 1 atom stereocenters. The van der Waals surface area contributed by atoms with Crippen molar-refractivity contribution >= 4 is 38.9 Å². The molecular weight excluding hydrogens is 425 g/mol. The van der Waals surface area contributed by atoms with Crippen LogP contribution >= 0.6 is 11.6 Å². The van der Waals surface area contributed by atoms with Crippen LogP contribution in [0.15, 0.2) is 47.4 Å². The quantitative estimate of drug-likeness (QED) is 0.563. The number of halogens is 2. The lowest BCUT2D eigenvalue weighted by atomic mass is 10.0. The zero-order valence-electron chi connectivity index (χ0n) is 15.0. The highest BCUT2D eigenvalue weighted by Gasteiger charge is 2.38. The van der Waals surface area contributed by atoms with Gasteiger partial charge in [-0.2, -0.15) is 4.31 Å². The summed E-state index contributed by atoms with van der Waals surface area (Å²) in [5.41, 5.74) is -0.340. The molecule has 0 aromatic heterocycles. The molecule has 1 heterocycles. The van der Waals surface area contributed by atoms with Gasteiger partial charge >= 0.3 is 0 Å². The Morgan fingerprint density at radius 2 is 1.90 bits per heavy atom. The summed E-state index contributed by atoms with van der Waals surface area (Å²) < 4.78 is 41.1. The largest absolute Gasteiger partial charge is 0.322 e. The van der Waals surface area contributed by atoms with E-state index in [-0.39, 0.29) is 34.3 Å². The van der Waals surface area contributed by atoms with Gasteiger partial charge in [0.25, 0.3) is 5.69 Å². The van der Waals surface area contributed by atoms with Crippen molar-refractivity contribution in [3.63, 3.8) is 0 Å².